The first kappa shape index (κ1) is 20.6. The third-order valence-corrected chi connectivity index (χ3v) is 4.92. The molecule has 0 saturated heterocycles. The van der Waals surface area contributed by atoms with Gasteiger partial charge >= 0.3 is 6.03 Å². The van der Waals surface area contributed by atoms with E-state index in [2.05, 4.69) is 25.8 Å². The van der Waals surface area contributed by atoms with Crippen molar-refractivity contribution in [1.29, 1.82) is 0 Å². The Kier molecular flexibility index (Phi) is 6.65. The third-order valence-electron chi connectivity index (χ3n) is 3.84. The van der Waals surface area contributed by atoms with E-state index in [0.29, 0.717) is 17.5 Å². The molecule has 9 nitrogen and oxygen atoms in total. The van der Waals surface area contributed by atoms with Crippen molar-refractivity contribution < 1.29 is 14.0 Å². The topological polar surface area (TPSA) is 115 Å². The number of rotatable bonds is 7. The lowest BCUT2D eigenvalue weighted by molar-refractivity contribution is -0.119. The van der Waals surface area contributed by atoms with Gasteiger partial charge in [0.25, 0.3) is 0 Å². The minimum Gasteiger partial charge on any atom is -0.467 e. The fourth-order valence-corrected chi connectivity index (χ4v) is 3.36. The van der Waals surface area contributed by atoms with E-state index in [1.165, 1.54) is 11.8 Å². The van der Waals surface area contributed by atoms with Crippen LogP contribution in [0.5, 0.6) is 0 Å². The molecule has 0 aromatic carbocycles. The first-order chi connectivity index (χ1) is 13.9. The van der Waals surface area contributed by atoms with Gasteiger partial charge in [-0.1, -0.05) is 11.8 Å². The fraction of sp³-hybridized carbons (Fsp3) is 0.316. The van der Waals surface area contributed by atoms with Crippen molar-refractivity contribution in [3.8, 4) is 11.4 Å². The van der Waals surface area contributed by atoms with E-state index in [1.54, 1.807) is 31.6 Å². The second-order valence-electron chi connectivity index (χ2n) is 6.59. The van der Waals surface area contributed by atoms with Gasteiger partial charge in [-0.2, -0.15) is 0 Å². The van der Waals surface area contributed by atoms with E-state index >= 15 is 0 Å². The van der Waals surface area contributed by atoms with Crippen molar-refractivity contribution in [2.24, 2.45) is 0 Å². The average molecular weight is 414 g/mol. The lowest BCUT2D eigenvalue weighted by atomic mass is 10.2. The summed E-state index contributed by atoms with van der Waals surface area (Å²) in [6.45, 7) is 5.74. The van der Waals surface area contributed by atoms with E-state index in [0.717, 1.165) is 11.3 Å². The number of hydrogen-bond donors (Lipinski definition) is 2. The van der Waals surface area contributed by atoms with Gasteiger partial charge in [-0.15, -0.1) is 10.2 Å². The van der Waals surface area contributed by atoms with Crippen molar-refractivity contribution >= 4 is 23.7 Å². The molecular formula is C19H22N6O3S. The molecule has 0 radical (unpaired) electrons. The summed E-state index contributed by atoms with van der Waals surface area (Å²) in [5, 5.41) is 13.5. The highest BCUT2D eigenvalue weighted by atomic mass is 32.2. The molecule has 0 aliphatic rings. The van der Waals surface area contributed by atoms with E-state index in [9.17, 15) is 9.59 Å². The van der Waals surface area contributed by atoms with Crippen LogP contribution in [0, 0.1) is 0 Å². The van der Waals surface area contributed by atoms with E-state index < -0.39 is 17.2 Å². The second-order valence-corrected chi connectivity index (χ2v) is 7.90. The molecule has 0 saturated carbocycles. The SMILES string of the molecule is CC(C)NC(=O)NC(=O)[C@H](C)Sc1nnc(-c2cccnc2)n1Cc1ccco1. The molecule has 0 spiro atoms. The zero-order valence-corrected chi connectivity index (χ0v) is 17.1. The Bertz CT molecular complexity index is 956. The Morgan fingerprint density at radius 2 is 2.03 bits per heavy atom. The summed E-state index contributed by atoms with van der Waals surface area (Å²) in [4.78, 5) is 28.3. The molecule has 0 aliphatic heterocycles. The van der Waals surface area contributed by atoms with Crippen molar-refractivity contribution in [3.63, 3.8) is 0 Å². The van der Waals surface area contributed by atoms with Gasteiger partial charge in [-0.25, -0.2) is 4.79 Å². The molecule has 152 valence electrons. The Morgan fingerprint density at radius 3 is 2.69 bits per heavy atom. The van der Waals surface area contributed by atoms with E-state index in [-0.39, 0.29) is 6.04 Å². The summed E-state index contributed by atoms with van der Waals surface area (Å²) in [5.41, 5.74) is 0.798. The van der Waals surface area contributed by atoms with Crippen LogP contribution in [-0.4, -0.2) is 43.0 Å². The number of aromatic nitrogens is 4. The monoisotopic (exact) mass is 414 g/mol. The number of carbonyl (C=O) groups excluding carboxylic acids is 2. The standard InChI is InChI=1S/C19H22N6O3S/c1-12(2)21-18(27)22-17(26)13(3)29-19-24-23-16(14-6-4-8-20-10-14)25(19)11-15-7-5-9-28-15/h4-10,12-13H,11H2,1-3H3,(H2,21,22,26,27)/t13-/m0/s1. The lowest BCUT2D eigenvalue weighted by Crippen LogP contribution is -2.45. The minimum atomic E-state index is -0.561. The Labute approximate surface area is 172 Å². The Morgan fingerprint density at radius 1 is 1.21 bits per heavy atom. The molecular weight excluding hydrogens is 392 g/mol. The molecule has 29 heavy (non-hydrogen) atoms. The van der Waals surface area contributed by atoms with Crippen LogP contribution in [0.2, 0.25) is 0 Å². The van der Waals surface area contributed by atoms with Crippen molar-refractivity contribution in [1.82, 2.24) is 30.4 Å². The number of carbonyl (C=O) groups is 2. The van der Waals surface area contributed by atoms with Gasteiger partial charge in [0.15, 0.2) is 11.0 Å². The third kappa shape index (κ3) is 5.44. The summed E-state index contributed by atoms with van der Waals surface area (Å²) >= 11 is 1.21. The Hall–Kier alpha value is -3.14. The smallest absolute Gasteiger partial charge is 0.321 e. The molecule has 10 heteroatoms. The number of nitrogens with zero attached hydrogens (tertiary/aromatic N) is 4. The van der Waals surface area contributed by atoms with Gasteiger partial charge in [0.2, 0.25) is 5.91 Å². The van der Waals surface area contributed by atoms with Crippen molar-refractivity contribution in [3.05, 3.63) is 48.7 Å². The van der Waals surface area contributed by atoms with Gasteiger partial charge in [-0.3, -0.25) is 19.7 Å². The molecule has 0 bridgehead atoms. The summed E-state index contributed by atoms with van der Waals surface area (Å²) in [5.74, 6) is 0.927. The number of urea groups is 1. The van der Waals surface area contributed by atoms with Gasteiger partial charge in [-0.05, 0) is 45.0 Å². The normalized spacial score (nSPS) is 12.0. The maximum absolute atomic E-state index is 12.4. The molecule has 2 N–H and O–H groups in total. The quantitative estimate of drug-likeness (QED) is 0.571. The highest BCUT2D eigenvalue weighted by Crippen LogP contribution is 2.27. The van der Waals surface area contributed by atoms with Gasteiger partial charge in [0.05, 0.1) is 18.1 Å². The highest BCUT2D eigenvalue weighted by molar-refractivity contribution is 8.00. The van der Waals surface area contributed by atoms with Crippen LogP contribution in [-0.2, 0) is 11.3 Å². The highest BCUT2D eigenvalue weighted by Gasteiger charge is 2.23. The number of nitrogens with one attached hydrogen (secondary N) is 2. The first-order valence-electron chi connectivity index (χ1n) is 9.08. The van der Waals surface area contributed by atoms with E-state index in [4.69, 9.17) is 4.42 Å². The molecule has 1 atom stereocenters. The maximum atomic E-state index is 12.4. The number of imide groups is 1. The largest absolute Gasteiger partial charge is 0.467 e. The summed E-state index contributed by atoms with van der Waals surface area (Å²) in [6, 6.07) is 6.77. The Balaban J connectivity index is 1.80. The summed E-state index contributed by atoms with van der Waals surface area (Å²) in [6.07, 6.45) is 4.98. The summed E-state index contributed by atoms with van der Waals surface area (Å²) < 4.78 is 7.32. The van der Waals surface area contributed by atoms with Crippen molar-refractivity contribution in [2.75, 3.05) is 0 Å². The van der Waals surface area contributed by atoms with Gasteiger partial charge < -0.3 is 9.73 Å². The van der Waals surface area contributed by atoms with Crippen LogP contribution in [0.15, 0.2) is 52.5 Å². The fourth-order valence-electron chi connectivity index (χ4n) is 2.51. The number of hydrogen-bond acceptors (Lipinski definition) is 7. The first-order valence-corrected chi connectivity index (χ1v) is 9.96. The number of amides is 3. The lowest BCUT2D eigenvalue weighted by Gasteiger charge is -2.14. The van der Waals surface area contributed by atoms with Crippen molar-refractivity contribution in [2.45, 2.75) is 43.8 Å². The summed E-state index contributed by atoms with van der Waals surface area (Å²) in [7, 11) is 0. The molecule has 0 aliphatic carbocycles. The number of furan rings is 1. The molecule has 3 heterocycles. The van der Waals surface area contributed by atoms with Crippen LogP contribution >= 0.6 is 11.8 Å². The molecule has 0 fully saturated rings. The van der Waals surface area contributed by atoms with Crippen LogP contribution in [0.25, 0.3) is 11.4 Å². The molecule has 3 rings (SSSR count). The average Bonchev–Trinajstić information content (AvgIpc) is 3.32. The van der Waals surface area contributed by atoms with Crippen LogP contribution in [0.4, 0.5) is 4.79 Å². The zero-order chi connectivity index (χ0) is 20.8. The predicted octanol–water partition coefficient (Wildman–Crippen LogP) is 2.70. The molecule has 3 amide bonds. The number of pyridine rings is 1. The zero-order valence-electron chi connectivity index (χ0n) is 16.3. The van der Waals surface area contributed by atoms with Crippen LogP contribution in [0.1, 0.15) is 26.5 Å². The van der Waals surface area contributed by atoms with E-state index in [1.807, 2.05) is 36.6 Å². The van der Waals surface area contributed by atoms with Gasteiger partial charge in [0, 0.05) is 24.0 Å². The van der Waals surface area contributed by atoms with Gasteiger partial charge in [0.1, 0.15) is 5.76 Å². The molecule has 3 aromatic rings. The van der Waals surface area contributed by atoms with Crippen LogP contribution < -0.4 is 10.6 Å². The molecule has 0 unspecified atom stereocenters. The number of thioether (sulfide) groups is 1. The predicted molar refractivity (Wildman–Crippen MR) is 108 cm³/mol. The van der Waals surface area contributed by atoms with Crippen LogP contribution in [0.3, 0.4) is 0 Å². The maximum Gasteiger partial charge on any atom is 0.321 e. The molecule has 3 aromatic heterocycles. The second kappa shape index (κ2) is 9.37. The minimum absolute atomic E-state index is 0.0656.